The molecule has 0 saturated carbocycles. The van der Waals surface area contributed by atoms with E-state index in [1.54, 1.807) is 20.8 Å². The summed E-state index contributed by atoms with van der Waals surface area (Å²) < 4.78 is 5.39. The maximum atomic E-state index is 14.4. The van der Waals surface area contributed by atoms with Gasteiger partial charge < -0.3 is 26.0 Å². The quantitative estimate of drug-likeness (QED) is 0.197. The number of anilines is 1. The Kier molecular flexibility index (Phi) is 13.9. The number of nitrogens with zero attached hydrogens (tertiary/aromatic N) is 1. The molecule has 2 atom stereocenters. The number of carbonyl (C=O) groups excluding carboxylic acids is 4. The third-order valence-electron chi connectivity index (χ3n) is 7.28. The predicted octanol–water partition coefficient (Wildman–Crippen LogP) is 6.56. The van der Waals surface area contributed by atoms with Crippen LogP contribution >= 0.6 is 0 Å². The van der Waals surface area contributed by atoms with E-state index >= 15 is 0 Å². The van der Waals surface area contributed by atoms with Crippen LogP contribution in [0, 0.1) is 27.7 Å². The molecule has 0 heterocycles. The third-order valence-corrected chi connectivity index (χ3v) is 7.28. The summed E-state index contributed by atoms with van der Waals surface area (Å²) >= 11 is 0. The number of primary amides is 1. The summed E-state index contributed by atoms with van der Waals surface area (Å²) in [7, 11) is 0. The Labute approximate surface area is 263 Å². The SMILES string of the molecule is CCCCCCCCN(C(=O)C(CC(N)=O)NC(=O)OC(C)(C)C)C(C(=O)Nc1c(C)cccc1C)c1cc(C)cc(C)c1. The van der Waals surface area contributed by atoms with Crippen molar-refractivity contribution in [2.45, 2.75) is 118 Å². The molecular formula is C35H52N4O5. The summed E-state index contributed by atoms with van der Waals surface area (Å²) in [5, 5.41) is 5.64. The highest BCUT2D eigenvalue weighted by molar-refractivity contribution is 6.00. The molecule has 242 valence electrons. The van der Waals surface area contributed by atoms with E-state index in [0.29, 0.717) is 17.7 Å². The minimum absolute atomic E-state index is 0.244. The second-order valence-electron chi connectivity index (χ2n) is 12.7. The molecule has 2 unspecified atom stereocenters. The molecule has 0 aliphatic rings. The molecule has 0 radical (unpaired) electrons. The lowest BCUT2D eigenvalue weighted by Gasteiger charge is -2.35. The Balaban J connectivity index is 2.61. The fourth-order valence-corrected chi connectivity index (χ4v) is 5.32. The number of para-hydroxylation sites is 1. The van der Waals surface area contributed by atoms with Crippen LogP contribution in [0.3, 0.4) is 0 Å². The van der Waals surface area contributed by atoms with Crippen molar-refractivity contribution in [3.8, 4) is 0 Å². The maximum absolute atomic E-state index is 14.4. The number of alkyl carbamates (subject to hydrolysis) is 1. The van der Waals surface area contributed by atoms with Crippen LogP contribution in [0.25, 0.3) is 0 Å². The van der Waals surface area contributed by atoms with Gasteiger partial charge in [-0.25, -0.2) is 4.79 Å². The lowest BCUT2D eigenvalue weighted by atomic mass is 9.97. The van der Waals surface area contributed by atoms with Crippen LogP contribution in [0.1, 0.15) is 106 Å². The fourth-order valence-electron chi connectivity index (χ4n) is 5.32. The van der Waals surface area contributed by atoms with E-state index in [1.165, 1.54) is 4.90 Å². The number of hydrogen-bond donors (Lipinski definition) is 3. The lowest BCUT2D eigenvalue weighted by Crippen LogP contribution is -2.53. The van der Waals surface area contributed by atoms with E-state index in [4.69, 9.17) is 10.5 Å². The molecule has 9 nitrogen and oxygen atoms in total. The number of aryl methyl sites for hydroxylation is 4. The van der Waals surface area contributed by atoms with E-state index in [0.717, 1.165) is 54.4 Å². The molecule has 0 spiro atoms. The first-order valence-corrected chi connectivity index (χ1v) is 15.7. The predicted molar refractivity (Wildman–Crippen MR) is 175 cm³/mol. The number of unbranched alkanes of at least 4 members (excludes halogenated alkanes) is 5. The van der Waals surface area contributed by atoms with Crippen molar-refractivity contribution in [1.29, 1.82) is 0 Å². The number of benzene rings is 2. The zero-order valence-electron chi connectivity index (χ0n) is 27.8. The number of rotatable bonds is 15. The van der Waals surface area contributed by atoms with Crippen LogP contribution in [0.15, 0.2) is 36.4 Å². The number of nitrogens with one attached hydrogen (secondary N) is 2. The minimum atomic E-state index is -1.32. The van der Waals surface area contributed by atoms with Crippen molar-refractivity contribution in [1.82, 2.24) is 10.2 Å². The summed E-state index contributed by atoms with van der Waals surface area (Å²) in [5.41, 5.74) is 9.71. The Morgan fingerprint density at radius 2 is 1.45 bits per heavy atom. The molecule has 2 rings (SSSR count). The Morgan fingerprint density at radius 3 is 2.00 bits per heavy atom. The second-order valence-corrected chi connectivity index (χ2v) is 12.7. The molecule has 0 aromatic heterocycles. The van der Waals surface area contributed by atoms with Gasteiger partial charge in [0.15, 0.2) is 0 Å². The first kappa shape index (κ1) is 36.3. The molecule has 2 aromatic rings. The van der Waals surface area contributed by atoms with E-state index in [2.05, 4.69) is 17.6 Å². The van der Waals surface area contributed by atoms with Gasteiger partial charge in [0.1, 0.15) is 17.7 Å². The molecule has 2 aromatic carbocycles. The van der Waals surface area contributed by atoms with Gasteiger partial charge in [0.25, 0.3) is 5.91 Å². The standard InChI is InChI=1S/C35H52N4O5/c1-9-10-11-12-13-14-18-39(33(42)28(22-29(36)40)37-34(43)44-35(6,7)8)31(27-20-23(2)19-24(3)21-27)32(41)38-30-25(4)16-15-17-26(30)5/h15-17,19-21,28,31H,9-14,18,22H2,1-8H3,(H2,36,40)(H,37,43)(H,38,41). The zero-order valence-corrected chi connectivity index (χ0v) is 27.8. The van der Waals surface area contributed by atoms with Crippen molar-refractivity contribution in [2.75, 3.05) is 11.9 Å². The largest absolute Gasteiger partial charge is 0.444 e. The van der Waals surface area contributed by atoms with Gasteiger partial charge in [-0.05, 0) is 71.6 Å². The van der Waals surface area contributed by atoms with Crippen LogP contribution in [0.5, 0.6) is 0 Å². The third kappa shape index (κ3) is 11.7. The van der Waals surface area contributed by atoms with Gasteiger partial charge in [-0.2, -0.15) is 0 Å². The van der Waals surface area contributed by atoms with E-state index < -0.39 is 42.0 Å². The zero-order chi connectivity index (χ0) is 33.0. The van der Waals surface area contributed by atoms with E-state index in [9.17, 15) is 19.2 Å². The monoisotopic (exact) mass is 608 g/mol. The summed E-state index contributed by atoms with van der Waals surface area (Å²) in [5.74, 6) is -1.73. The molecule has 0 bridgehead atoms. The number of ether oxygens (including phenoxy) is 1. The average molecular weight is 609 g/mol. The highest BCUT2D eigenvalue weighted by Crippen LogP contribution is 2.29. The van der Waals surface area contributed by atoms with Gasteiger partial charge in [0.2, 0.25) is 11.8 Å². The van der Waals surface area contributed by atoms with Gasteiger partial charge in [0, 0.05) is 12.2 Å². The fraction of sp³-hybridized carbons (Fsp3) is 0.543. The molecular weight excluding hydrogens is 556 g/mol. The highest BCUT2D eigenvalue weighted by Gasteiger charge is 2.37. The van der Waals surface area contributed by atoms with Crippen molar-refractivity contribution in [2.24, 2.45) is 5.73 Å². The summed E-state index contributed by atoms with van der Waals surface area (Å²) in [4.78, 5) is 55.1. The summed E-state index contributed by atoms with van der Waals surface area (Å²) in [6, 6.07) is 9.21. The van der Waals surface area contributed by atoms with Gasteiger partial charge in [-0.3, -0.25) is 14.4 Å². The maximum Gasteiger partial charge on any atom is 0.408 e. The second kappa shape index (κ2) is 16.8. The molecule has 0 aliphatic heterocycles. The van der Waals surface area contributed by atoms with Crippen molar-refractivity contribution in [3.63, 3.8) is 0 Å². The number of carbonyl (C=O) groups is 4. The normalized spacial score (nSPS) is 12.6. The van der Waals surface area contributed by atoms with E-state index in [1.807, 2.05) is 64.1 Å². The topological polar surface area (TPSA) is 131 Å². The molecule has 4 amide bonds. The molecule has 0 saturated heterocycles. The van der Waals surface area contributed by atoms with Crippen molar-refractivity contribution < 1.29 is 23.9 Å². The summed E-state index contributed by atoms with van der Waals surface area (Å²) in [6.07, 6.45) is 4.55. The number of hydrogen-bond acceptors (Lipinski definition) is 5. The first-order valence-electron chi connectivity index (χ1n) is 15.7. The van der Waals surface area contributed by atoms with Gasteiger partial charge in [-0.1, -0.05) is 86.6 Å². The number of nitrogens with two attached hydrogens (primary N) is 1. The smallest absolute Gasteiger partial charge is 0.408 e. The van der Waals surface area contributed by atoms with Crippen LogP contribution < -0.4 is 16.4 Å². The van der Waals surface area contributed by atoms with Crippen LogP contribution in [0.2, 0.25) is 0 Å². The molecule has 0 fully saturated rings. The highest BCUT2D eigenvalue weighted by atomic mass is 16.6. The van der Waals surface area contributed by atoms with Crippen LogP contribution in [0.4, 0.5) is 10.5 Å². The lowest BCUT2D eigenvalue weighted by molar-refractivity contribution is -0.142. The Bertz CT molecular complexity index is 1260. The molecule has 4 N–H and O–H groups in total. The Morgan fingerprint density at radius 1 is 0.886 bits per heavy atom. The Hall–Kier alpha value is -3.88. The van der Waals surface area contributed by atoms with Crippen molar-refractivity contribution in [3.05, 3.63) is 64.2 Å². The molecule has 9 heteroatoms. The molecule has 44 heavy (non-hydrogen) atoms. The van der Waals surface area contributed by atoms with Crippen molar-refractivity contribution >= 4 is 29.5 Å². The average Bonchev–Trinajstić information content (AvgIpc) is 2.89. The van der Waals surface area contributed by atoms with Gasteiger partial charge >= 0.3 is 6.09 Å². The minimum Gasteiger partial charge on any atom is -0.444 e. The van der Waals surface area contributed by atoms with Gasteiger partial charge in [-0.15, -0.1) is 0 Å². The summed E-state index contributed by atoms with van der Waals surface area (Å²) in [6.45, 7) is 15.2. The van der Waals surface area contributed by atoms with Gasteiger partial charge in [0.05, 0.1) is 6.42 Å². The first-order chi connectivity index (χ1) is 20.6. The van der Waals surface area contributed by atoms with E-state index in [-0.39, 0.29) is 12.5 Å². The van der Waals surface area contributed by atoms with Crippen LogP contribution in [-0.2, 0) is 19.1 Å². The molecule has 0 aliphatic carbocycles. The number of amides is 4. The van der Waals surface area contributed by atoms with Crippen LogP contribution in [-0.4, -0.2) is 46.9 Å².